The van der Waals surface area contributed by atoms with Crippen LogP contribution < -0.4 is 4.72 Å². The third-order valence-electron chi connectivity index (χ3n) is 2.55. The molecular formula is C10H13BrN4O2S2. The van der Waals surface area contributed by atoms with E-state index < -0.39 is 10.0 Å². The largest absolute Gasteiger partial charge is 0.321 e. The summed E-state index contributed by atoms with van der Waals surface area (Å²) in [6.45, 7) is 2.16. The molecule has 0 aromatic carbocycles. The summed E-state index contributed by atoms with van der Waals surface area (Å²) in [6.07, 6.45) is 2.09. The van der Waals surface area contributed by atoms with E-state index in [1.54, 1.807) is 17.0 Å². The lowest BCUT2D eigenvalue weighted by Gasteiger charge is -2.04. The van der Waals surface area contributed by atoms with Crippen molar-refractivity contribution in [2.75, 3.05) is 6.54 Å². The van der Waals surface area contributed by atoms with Crippen LogP contribution >= 0.6 is 27.3 Å². The molecule has 0 bridgehead atoms. The molecular weight excluding hydrogens is 352 g/mol. The van der Waals surface area contributed by atoms with E-state index in [-0.39, 0.29) is 0 Å². The third kappa shape index (κ3) is 3.41. The Bertz CT molecular complexity index is 658. The summed E-state index contributed by atoms with van der Waals surface area (Å²) in [5.41, 5.74) is 0.915. The van der Waals surface area contributed by atoms with Crippen LogP contribution in [0.3, 0.4) is 0 Å². The maximum atomic E-state index is 12.0. The topological polar surface area (TPSA) is 76.9 Å². The minimum atomic E-state index is -3.45. The van der Waals surface area contributed by atoms with Gasteiger partial charge in [-0.3, -0.25) is 0 Å². The predicted octanol–water partition coefficient (Wildman–Crippen LogP) is 1.47. The molecule has 0 spiro atoms. The van der Waals surface area contributed by atoms with Gasteiger partial charge in [-0.25, -0.2) is 13.1 Å². The summed E-state index contributed by atoms with van der Waals surface area (Å²) in [5.74, 6) is 0.742. The quantitative estimate of drug-likeness (QED) is 0.871. The minimum absolute atomic E-state index is 0.295. The zero-order valence-corrected chi connectivity index (χ0v) is 13.6. The number of rotatable bonds is 5. The number of sulfonamides is 1. The number of nitrogens with one attached hydrogen (secondary N) is 1. The molecule has 0 unspecified atom stereocenters. The van der Waals surface area contributed by atoms with Crippen molar-refractivity contribution in [3.05, 3.63) is 27.6 Å². The number of halogens is 1. The fourth-order valence-electron chi connectivity index (χ4n) is 1.47. The number of nitrogens with zero attached hydrogens (tertiary/aromatic N) is 3. The van der Waals surface area contributed by atoms with Crippen molar-refractivity contribution in [1.29, 1.82) is 0 Å². The van der Waals surface area contributed by atoms with Crippen LogP contribution in [-0.2, 0) is 23.5 Å². The maximum absolute atomic E-state index is 12.0. The van der Waals surface area contributed by atoms with Crippen LogP contribution in [0.25, 0.3) is 0 Å². The Hall–Kier alpha value is -0.770. The van der Waals surface area contributed by atoms with Crippen molar-refractivity contribution in [1.82, 2.24) is 19.5 Å². The lowest BCUT2D eigenvalue weighted by molar-refractivity contribution is 0.582. The van der Waals surface area contributed by atoms with E-state index in [0.29, 0.717) is 17.2 Å². The molecule has 2 aromatic rings. The standard InChI is InChI=1S/C10H13BrN4O2S2/c1-7-5-9(18-10(7)11)19(16,17)13-4-3-8-14-12-6-15(8)2/h5-6,13H,3-4H2,1-2H3. The Morgan fingerprint density at radius 3 is 2.79 bits per heavy atom. The molecule has 0 fully saturated rings. The van der Waals surface area contributed by atoms with Gasteiger partial charge in [0.2, 0.25) is 10.0 Å². The number of aryl methyl sites for hydroxylation is 2. The first-order valence-electron chi connectivity index (χ1n) is 5.48. The van der Waals surface area contributed by atoms with E-state index in [0.717, 1.165) is 15.2 Å². The first-order chi connectivity index (χ1) is 8.90. The summed E-state index contributed by atoms with van der Waals surface area (Å²) < 4.78 is 29.6. The highest BCUT2D eigenvalue weighted by atomic mass is 79.9. The fraction of sp³-hybridized carbons (Fsp3) is 0.400. The smallest absolute Gasteiger partial charge is 0.250 e. The SMILES string of the molecule is Cc1cc(S(=O)(=O)NCCc2nncn2C)sc1Br. The predicted molar refractivity (Wildman–Crippen MR) is 76.7 cm³/mol. The van der Waals surface area contributed by atoms with Crippen LogP contribution in [-0.4, -0.2) is 29.7 Å². The molecule has 0 aliphatic heterocycles. The Kier molecular flexibility index (Phi) is 4.39. The van der Waals surface area contributed by atoms with Gasteiger partial charge in [0.05, 0.1) is 3.79 Å². The monoisotopic (exact) mass is 364 g/mol. The number of aromatic nitrogens is 3. The maximum Gasteiger partial charge on any atom is 0.250 e. The summed E-state index contributed by atoms with van der Waals surface area (Å²) in [7, 11) is -1.62. The lowest BCUT2D eigenvalue weighted by Crippen LogP contribution is -2.26. The van der Waals surface area contributed by atoms with Crippen molar-refractivity contribution in [2.24, 2.45) is 7.05 Å². The highest BCUT2D eigenvalue weighted by Gasteiger charge is 2.18. The summed E-state index contributed by atoms with van der Waals surface area (Å²) in [6, 6.07) is 1.65. The van der Waals surface area contributed by atoms with E-state index in [4.69, 9.17) is 0 Å². The van der Waals surface area contributed by atoms with Crippen LogP contribution in [0.2, 0.25) is 0 Å². The molecule has 2 heterocycles. The van der Waals surface area contributed by atoms with Crippen LogP contribution in [0.5, 0.6) is 0 Å². The highest BCUT2D eigenvalue weighted by Crippen LogP contribution is 2.30. The van der Waals surface area contributed by atoms with Gasteiger partial charge in [0, 0.05) is 20.0 Å². The Morgan fingerprint density at radius 2 is 2.26 bits per heavy atom. The van der Waals surface area contributed by atoms with Gasteiger partial charge in [0.1, 0.15) is 16.4 Å². The molecule has 0 aliphatic rings. The Balaban J connectivity index is 2.00. The van der Waals surface area contributed by atoms with Gasteiger partial charge in [-0.2, -0.15) is 0 Å². The molecule has 0 saturated carbocycles. The molecule has 0 amide bonds. The van der Waals surface area contributed by atoms with Gasteiger partial charge in [-0.15, -0.1) is 21.5 Å². The van der Waals surface area contributed by atoms with E-state index in [2.05, 4.69) is 30.8 Å². The zero-order valence-electron chi connectivity index (χ0n) is 10.4. The number of hydrogen-bond donors (Lipinski definition) is 1. The van der Waals surface area contributed by atoms with Gasteiger partial charge < -0.3 is 4.57 Å². The van der Waals surface area contributed by atoms with Gasteiger partial charge in [-0.05, 0) is 34.5 Å². The van der Waals surface area contributed by atoms with Crippen molar-refractivity contribution >= 4 is 37.3 Å². The van der Waals surface area contributed by atoms with Crippen molar-refractivity contribution < 1.29 is 8.42 Å². The third-order valence-corrected chi connectivity index (χ3v) is 6.62. The Morgan fingerprint density at radius 1 is 1.53 bits per heavy atom. The highest BCUT2D eigenvalue weighted by molar-refractivity contribution is 9.11. The first-order valence-corrected chi connectivity index (χ1v) is 8.58. The van der Waals surface area contributed by atoms with E-state index in [9.17, 15) is 8.42 Å². The second-order valence-corrected chi connectivity index (χ2v) is 8.39. The number of thiophene rings is 1. The molecule has 1 N–H and O–H groups in total. The van der Waals surface area contributed by atoms with Crippen LogP contribution in [0.1, 0.15) is 11.4 Å². The van der Waals surface area contributed by atoms with E-state index in [1.807, 2.05) is 14.0 Å². The first kappa shape index (κ1) is 14.6. The molecule has 2 aromatic heterocycles. The molecule has 104 valence electrons. The molecule has 9 heteroatoms. The molecule has 0 radical (unpaired) electrons. The van der Waals surface area contributed by atoms with Gasteiger partial charge in [0.25, 0.3) is 0 Å². The van der Waals surface area contributed by atoms with Gasteiger partial charge in [0.15, 0.2) is 0 Å². The van der Waals surface area contributed by atoms with E-state index in [1.165, 1.54) is 11.3 Å². The van der Waals surface area contributed by atoms with Crippen LogP contribution in [0.4, 0.5) is 0 Å². The van der Waals surface area contributed by atoms with E-state index >= 15 is 0 Å². The van der Waals surface area contributed by atoms with Crippen molar-refractivity contribution in [2.45, 2.75) is 17.6 Å². The van der Waals surface area contributed by atoms with Crippen molar-refractivity contribution in [3.8, 4) is 0 Å². The summed E-state index contributed by atoms with van der Waals surface area (Å²) in [4.78, 5) is 0. The van der Waals surface area contributed by atoms with Crippen molar-refractivity contribution in [3.63, 3.8) is 0 Å². The van der Waals surface area contributed by atoms with Gasteiger partial charge >= 0.3 is 0 Å². The average Bonchev–Trinajstić information content (AvgIpc) is 2.88. The molecule has 2 rings (SSSR count). The average molecular weight is 365 g/mol. The molecule has 0 atom stereocenters. The van der Waals surface area contributed by atoms with Gasteiger partial charge in [-0.1, -0.05) is 0 Å². The minimum Gasteiger partial charge on any atom is -0.321 e. The lowest BCUT2D eigenvalue weighted by atomic mass is 10.4. The molecule has 19 heavy (non-hydrogen) atoms. The zero-order chi connectivity index (χ0) is 14.0. The summed E-state index contributed by atoms with van der Waals surface area (Å²) in [5, 5.41) is 7.64. The molecule has 0 aliphatic carbocycles. The van der Waals surface area contributed by atoms with Crippen LogP contribution in [0.15, 0.2) is 20.4 Å². The fourth-order valence-corrected chi connectivity index (χ4v) is 4.77. The number of hydrogen-bond acceptors (Lipinski definition) is 5. The second kappa shape index (κ2) is 5.70. The summed E-state index contributed by atoms with van der Waals surface area (Å²) >= 11 is 4.53. The van der Waals surface area contributed by atoms with Crippen LogP contribution in [0, 0.1) is 6.92 Å². The Labute approximate surface area is 124 Å². The molecule has 6 nitrogen and oxygen atoms in total. The molecule has 0 saturated heterocycles. The normalized spacial score (nSPS) is 11.9. The second-order valence-electron chi connectivity index (χ2n) is 4.03.